The highest BCUT2D eigenvalue weighted by Gasteiger charge is 2.07. The number of hydrogen-bond acceptors (Lipinski definition) is 5. The zero-order valence-corrected chi connectivity index (χ0v) is 16.8. The molecule has 7 nitrogen and oxygen atoms in total. The Hall–Kier alpha value is -2.22. The fraction of sp³-hybridized carbons (Fsp3) is 0.500. The van der Waals surface area contributed by atoms with Crippen molar-refractivity contribution < 1.29 is 4.74 Å². The summed E-state index contributed by atoms with van der Waals surface area (Å²) in [7, 11) is 3.64. The fourth-order valence-electron chi connectivity index (χ4n) is 2.36. The van der Waals surface area contributed by atoms with E-state index in [1.54, 1.807) is 7.11 Å². The molecule has 2 N–H and O–H groups in total. The third-order valence-corrected chi connectivity index (χ3v) is 4.71. The zero-order chi connectivity index (χ0) is 18.8. The van der Waals surface area contributed by atoms with Gasteiger partial charge in [-0.05, 0) is 31.4 Å². The molecule has 142 valence electrons. The van der Waals surface area contributed by atoms with Gasteiger partial charge in [0.15, 0.2) is 11.8 Å². The summed E-state index contributed by atoms with van der Waals surface area (Å²) in [5.41, 5.74) is 1.05. The third-order valence-electron chi connectivity index (χ3n) is 4.01. The minimum Gasteiger partial charge on any atom is -0.496 e. The molecule has 2 aromatic rings. The van der Waals surface area contributed by atoms with Crippen LogP contribution in [-0.4, -0.2) is 46.4 Å². The monoisotopic (exact) mass is 376 g/mol. The highest BCUT2D eigenvalue weighted by Crippen LogP contribution is 2.17. The smallest absolute Gasteiger partial charge is 0.191 e. The first kappa shape index (κ1) is 20.1. The molecule has 1 aromatic carbocycles. The number of hydrogen-bond donors (Lipinski definition) is 2. The number of thioether (sulfide) groups is 1. The lowest BCUT2D eigenvalue weighted by atomic mass is 10.2. The van der Waals surface area contributed by atoms with Crippen molar-refractivity contribution in [2.75, 3.05) is 25.7 Å². The molecule has 0 amide bonds. The molecule has 0 radical (unpaired) electrons. The third kappa shape index (κ3) is 5.94. The first-order valence-electron chi connectivity index (χ1n) is 8.63. The highest BCUT2D eigenvalue weighted by molar-refractivity contribution is 7.98. The van der Waals surface area contributed by atoms with E-state index in [2.05, 4.69) is 27.1 Å². The highest BCUT2D eigenvalue weighted by atomic mass is 32.2. The lowest BCUT2D eigenvalue weighted by Gasteiger charge is -2.13. The maximum atomic E-state index is 5.40. The number of aliphatic imine (C=N–C) groups is 1. The molecule has 0 saturated carbocycles. The Morgan fingerprint density at radius 1 is 1.27 bits per heavy atom. The number of para-hydroxylation sites is 1. The van der Waals surface area contributed by atoms with Crippen LogP contribution < -0.4 is 15.4 Å². The Morgan fingerprint density at radius 3 is 2.77 bits per heavy atom. The Labute approximate surface area is 159 Å². The van der Waals surface area contributed by atoms with Crippen molar-refractivity contribution in [2.24, 2.45) is 12.0 Å². The first-order valence-corrected chi connectivity index (χ1v) is 10.0. The molecule has 0 aliphatic carbocycles. The molecule has 0 aliphatic heterocycles. The van der Waals surface area contributed by atoms with Crippen LogP contribution >= 0.6 is 11.8 Å². The average molecular weight is 377 g/mol. The number of rotatable bonds is 9. The van der Waals surface area contributed by atoms with Gasteiger partial charge in [-0.25, -0.2) is 4.99 Å². The minimum absolute atomic E-state index is 0.541. The van der Waals surface area contributed by atoms with Crippen molar-refractivity contribution in [2.45, 2.75) is 26.4 Å². The van der Waals surface area contributed by atoms with Crippen molar-refractivity contribution in [3.05, 3.63) is 41.5 Å². The van der Waals surface area contributed by atoms with Crippen molar-refractivity contribution >= 4 is 17.7 Å². The number of aromatic nitrogens is 3. The molecule has 1 aromatic heterocycles. The maximum absolute atomic E-state index is 5.40. The van der Waals surface area contributed by atoms with Crippen LogP contribution in [0.25, 0.3) is 0 Å². The number of ether oxygens (including phenoxy) is 1. The summed E-state index contributed by atoms with van der Waals surface area (Å²) in [6, 6.07) is 7.93. The van der Waals surface area contributed by atoms with Gasteiger partial charge in [-0.1, -0.05) is 18.2 Å². The Balaban J connectivity index is 2.02. The van der Waals surface area contributed by atoms with Gasteiger partial charge in [0.2, 0.25) is 0 Å². The molecule has 8 heteroatoms. The van der Waals surface area contributed by atoms with E-state index in [0.29, 0.717) is 13.1 Å². The summed E-state index contributed by atoms with van der Waals surface area (Å²) >= 11 is 1.84. The first-order chi connectivity index (χ1) is 12.7. The van der Waals surface area contributed by atoms with Gasteiger partial charge < -0.3 is 19.9 Å². The molecule has 26 heavy (non-hydrogen) atoms. The fourth-order valence-corrected chi connectivity index (χ4v) is 2.80. The summed E-state index contributed by atoms with van der Waals surface area (Å²) in [5, 5.41) is 15.0. The van der Waals surface area contributed by atoms with Gasteiger partial charge in [-0.3, -0.25) is 0 Å². The van der Waals surface area contributed by atoms with Crippen LogP contribution in [0.4, 0.5) is 0 Å². The van der Waals surface area contributed by atoms with Crippen LogP contribution in [0.3, 0.4) is 0 Å². The molecule has 0 spiro atoms. The summed E-state index contributed by atoms with van der Waals surface area (Å²) in [6.45, 7) is 3.92. The Morgan fingerprint density at radius 2 is 2.08 bits per heavy atom. The van der Waals surface area contributed by atoms with Crippen molar-refractivity contribution in [1.29, 1.82) is 0 Å². The molecule has 1 heterocycles. The predicted octanol–water partition coefficient (Wildman–Crippen LogP) is 2.12. The minimum atomic E-state index is 0.541. The van der Waals surface area contributed by atoms with Gasteiger partial charge in [0, 0.05) is 19.2 Å². The van der Waals surface area contributed by atoms with Gasteiger partial charge in [-0.15, -0.1) is 10.2 Å². The molecule has 0 saturated heterocycles. The summed E-state index contributed by atoms with van der Waals surface area (Å²) in [5.74, 6) is 4.50. The zero-order valence-electron chi connectivity index (χ0n) is 16.0. The maximum Gasteiger partial charge on any atom is 0.191 e. The van der Waals surface area contributed by atoms with Crippen LogP contribution in [0.1, 0.15) is 23.6 Å². The van der Waals surface area contributed by atoms with E-state index in [-0.39, 0.29) is 0 Å². The summed E-state index contributed by atoms with van der Waals surface area (Å²) < 4.78 is 7.37. The molecule has 0 aliphatic rings. The molecule has 0 unspecified atom stereocenters. The van der Waals surface area contributed by atoms with E-state index in [9.17, 15) is 0 Å². The lowest BCUT2D eigenvalue weighted by molar-refractivity contribution is 0.410. The topological polar surface area (TPSA) is 76.4 Å². The second kappa shape index (κ2) is 10.7. The second-order valence-electron chi connectivity index (χ2n) is 5.83. The van der Waals surface area contributed by atoms with E-state index >= 15 is 0 Å². The van der Waals surface area contributed by atoms with Gasteiger partial charge in [0.25, 0.3) is 0 Å². The molecule has 0 fully saturated rings. The summed E-state index contributed by atoms with van der Waals surface area (Å²) in [6.07, 6.45) is 3.20. The predicted molar refractivity (Wildman–Crippen MR) is 108 cm³/mol. The molecule has 2 rings (SSSR count). The van der Waals surface area contributed by atoms with Crippen LogP contribution in [-0.2, 0) is 20.1 Å². The van der Waals surface area contributed by atoms with Crippen LogP contribution in [0.5, 0.6) is 5.75 Å². The Bertz CT molecular complexity index is 715. The quantitative estimate of drug-likeness (QED) is 0.397. The lowest BCUT2D eigenvalue weighted by Crippen LogP contribution is -2.38. The van der Waals surface area contributed by atoms with Crippen molar-refractivity contribution in [3.8, 4) is 5.75 Å². The van der Waals surface area contributed by atoms with E-state index < -0.39 is 0 Å². The van der Waals surface area contributed by atoms with Crippen LogP contribution in [0.2, 0.25) is 0 Å². The molecule has 0 bridgehead atoms. The number of guanidine groups is 1. The van der Waals surface area contributed by atoms with Gasteiger partial charge in [0.1, 0.15) is 11.6 Å². The van der Waals surface area contributed by atoms with Crippen molar-refractivity contribution in [1.82, 2.24) is 25.4 Å². The van der Waals surface area contributed by atoms with E-state index in [4.69, 9.17) is 9.73 Å². The number of methoxy groups -OCH3 is 1. The standard InChI is InChI=1S/C18H28N6OS/c1-14-22-23-17(24(14)2)13-21-18(19-10-7-11-26-4)20-12-15-8-5-6-9-16(15)25-3/h5-6,8-9H,7,10-13H2,1-4H3,(H2,19,20,21). The van der Waals surface area contributed by atoms with Gasteiger partial charge >= 0.3 is 0 Å². The van der Waals surface area contributed by atoms with E-state index in [1.807, 2.05) is 54.6 Å². The van der Waals surface area contributed by atoms with Gasteiger partial charge in [-0.2, -0.15) is 11.8 Å². The molecular weight excluding hydrogens is 348 g/mol. The SMILES string of the molecule is COc1ccccc1CN=C(NCCCSC)NCc1nnc(C)n1C. The molecule has 0 atom stereocenters. The van der Waals surface area contributed by atoms with E-state index in [1.165, 1.54) is 0 Å². The number of nitrogens with zero attached hydrogens (tertiary/aromatic N) is 4. The number of nitrogens with one attached hydrogen (secondary N) is 2. The van der Waals surface area contributed by atoms with Gasteiger partial charge in [0.05, 0.1) is 20.2 Å². The number of aryl methyl sites for hydroxylation is 1. The van der Waals surface area contributed by atoms with Crippen LogP contribution in [0.15, 0.2) is 29.3 Å². The normalized spacial score (nSPS) is 11.5. The largest absolute Gasteiger partial charge is 0.496 e. The van der Waals surface area contributed by atoms with Crippen molar-refractivity contribution in [3.63, 3.8) is 0 Å². The Kier molecular flexibility index (Phi) is 8.27. The summed E-state index contributed by atoms with van der Waals surface area (Å²) in [4.78, 5) is 4.70. The van der Waals surface area contributed by atoms with Crippen LogP contribution in [0, 0.1) is 6.92 Å². The van der Waals surface area contributed by atoms with E-state index in [0.717, 1.165) is 47.6 Å². The molecular formula is C18H28N6OS. The number of benzene rings is 1. The average Bonchev–Trinajstić information content (AvgIpc) is 2.99. The second-order valence-corrected chi connectivity index (χ2v) is 6.81.